The zero-order chi connectivity index (χ0) is 56.2. The van der Waals surface area contributed by atoms with Crippen LogP contribution >= 0.6 is 0 Å². The second-order valence-corrected chi connectivity index (χ2v) is 21.8. The molecule has 77 heavy (non-hydrogen) atoms. The van der Waals surface area contributed by atoms with Crippen LogP contribution in [-0.4, -0.2) is 88.4 Å². The Labute approximate surface area is 455 Å². The summed E-state index contributed by atoms with van der Waals surface area (Å²) in [6.45, 7) is 16.3. The Morgan fingerprint density at radius 3 is 2.00 bits per heavy atom. The maximum Gasteiger partial charge on any atom is 0.482 e. The van der Waals surface area contributed by atoms with Crippen molar-refractivity contribution in [3.05, 3.63) is 131 Å². The molecule has 5 rings (SSSR count). The summed E-state index contributed by atoms with van der Waals surface area (Å²) in [6.07, 6.45) is 7.47. The second-order valence-electron chi connectivity index (χ2n) is 21.8. The Morgan fingerprint density at radius 2 is 1.40 bits per heavy atom. The molecule has 17 heteroatoms. The quantitative estimate of drug-likeness (QED) is 0.0258. The van der Waals surface area contributed by atoms with E-state index < -0.39 is 65.3 Å². The van der Waals surface area contributed by atoms with Gasteiger partial charge in [0.05, 0.1) is 12.1 Å². The van der Waals surface area contributed by atoms with E-state index in [1.807, 2.05) is 106 Å². The number of ether oxygens (including phenoxy) is 1. The first-order valence-corrected chi connectivity index (χ1v) is 27.2. The molecule has 414 valence electrons. The molecule has 4 aromatic rings. The fourth-order valence-corrected chi connectivity index (χ4v) is 10.2. The van der Waals surface area contributed by atoms with Crippen molar-refractivity contribution in [1.82, 2.24) is 25.9 Å². The third kappa shape index (κ3) is 18.1. The molecule has 6 atom stereocenters. The molecule has 0 radical (unpaired) electrons. The molecule has 0 spiro atoms. The van der Waals surface area contributed by atoms with E-state index in [2.05, 4.69) is 39.8 Å². The molecule has 2 heterocycles. The molecule has 3 aromatic carbocycles. The molecule has 0 bridgehead atoms. The first-order chi connectivity index (χ1) is 36.6. The Kier molecular flexibility index (Phi) is 23.4. The third-order valence-electron chi connectivity index (χ3n) is 14.5. The predicted octanol–water partition coefficient (Wildman–Crippen LogP) is 8.88. The van der Waals surface area contributed by atoms with Gasteiger partial charge < -0.3 is 39.9 Å². The van der Waals surface area contributed by atoms with Gasteiger partial charge in [-0.05, 0) is 93.9 Å². The Morgan fingerprint density at radius 1 is 0.766 bits per heavy atom. The van der Waals surface area contributed by atoms with Gasteiger partial charge in [0.2, 0.25) is 11.8 Å². The number of benzene rings is 3. The maximum absolute atomic E-state index is 14.5. The highest BCUT2D eigenvalue weighted by atomic mass is 16.7. The van der Waals surface area contributed by atoms with Crippen molar-refractivity contribution in [2.24, 2.45) is 23.2 Å². The zero-order valence-electron chi connectivity index (χ0n) is 46.3. The first-order valence-electron chi connectivity index (χ1n) is 27.2. The van der Waals surface area contributed by atoms with E-state index in [9.17, 15) is 38.7 Å². The lowest BCUT2D eigenvalue weighted by atomic mass is 9.71. The van der Waals surface area contributed by atoms with Crippen LogP contribution in [0, 0.1) is 23.2 Å². The maximum atomic E-state index is 14.5. The van der Waals surface area contributed by atoms with Gasteiger partial charge in [-0.3, -0.25) is 33.8 Å². The molecule has 1 aliphatic heterocycles. The van der Waals surface area contributed by atoms with E-state index in [0.29, 0.717) is 32.5 Å². The predicted molar refractivity (Wildman–Crippen MR) is 294 cm³/mol. The highest BCUT2D eigenvalue weighted by Crippen LogP contribution is 2.52. The summed E-state index contributed by atoms with van der Waals surface area (Å²) in [6, 6.07) is 25.9. The van der Waals surface area contributed by atoms with Crippen LogP contribution in [0.5, 0.6) is 0 Å². The van der Waals surface area contributed by atoms with Gasteiger partial charge in [-0.1, -0.05) is 120 Å². The van der Waals surface area contributed by atoms with E-state index in [0.717, 1.165) is 28.7 Å². The van der Waals surface area contributed by atoms with Crippen LogP contribution in [0.2, 0.25) is 0 Å². The average molecular weight is 1060 g/mol. The SMILES string of the molecule is CCCOCCCCC(=O)C(CCC(=O)NCc1ccc(C2(C)OB(C(CC(C)C)NC(=O)C(Cc3ccccc3)NC(=O)c3cnccn3)OC2(C)c2ccccc2)cc1)CC(C)(C)C(=O)C(CCC(=O)O)CC(C)=O. The van der Waals surface area contributed by atoms with Crippen molar-refractivity contribution >= 4 is 48.2 Å². The van der Waals surface area contributed by atoms with Gasteiger partial charge in [-0.25, -0.2) is 4.98 Å². The summed E-state index contributed by atoms with van der Waals surface area (Å²) >= 11 is 0. The third-order valence-corrected chi connectivity index (χ3v) is 14.5. The molecule has 3 amide bonds. The number of hydrogen-bond donors (Lipinski definition) is 4. The lowest BCUT2D eigenvalue weighted by Crippen LogP contribution is -2.55. The number of carbonyl (C=O) groups is 7. The average Bonchev–Trinajstić information content (AvgIpc) is 3.80. The topological polar surface area (TPSA) is 229 Å². The van der Waals surface area contributed by atoms with Gasteiger partial charge >= 0.3 is 13.1 Å². The summed E-state index contributed by atoms with van der Waals surface area (Å²) in [4.78, 5) is 101. The van der Waals surface area contributed by atoms with Crippen molar-refractivity contribution < 1.29 is 52.7 Å². The molecular formula is C60H80BN5O11. The highest BCUT2D eigenvalue weighted by Gasteiger charge is 2.60. The van der Waals surface area contributed by atoms with Crippen LogP contribution in [0.25, 0.3) is 0 Å². The van der Waals surface area contributed by atoms with E-state index in [1.54, 1.807) is 13.8 Å². The summed E-state index contributed by atoms with van der Waals surface area (Å²) < 4.78 is 19.7. The van der Waals surface area contributed by atoms with E-state index >= 15 is 0 Å². The van der Waals surface area contributed by atoms with Crippen LogP contribution in [0.4, 0.5) is 0 Å². The van der Waals surface area contributed by atoms with Crippen molar-refractivity contribution in [1.29, 1.82) is 0 Å². The molecule has 4 N–H and O–H groups in total. The molecule has 1 aromatic heterocycles. The minimum Gasteiger partial charge on any atom is -0.481 e. The number of aromatic nitrogens is 2. The molecule has 0 aliphatic carbocycles. The fourth-order valence-electron chi connectivity index (χ4n) is 10.2. The zero-order valence-corrected chi connectivity index (χ0v) is 46.3. The molecular weight excluding hydrogens is 977 g/mol. The number of ketones is 3. The number of carboxylic acids is 1. The monoisotopic (exact) mass is 1060 g/mol. The summed E-state index contributed by atoms with van der Waals surface area (Å²) in [7, 11) is -0.929. The van der Waals surface area contributed by atoms with Crippen molar-refractivity contribution in [3.8, 4) is 0 Å². The largest absolute Gasteiger partial charge is 0.482 e. The van der Waals surface area contributed by atoms with Crippen LogP contribution in [-0.2, 0) is 67.0 Å². The number of nitrogens with one attached hydrogen (secondary N) is 3. The minimum atomic E-state index is -1.11. The number of rotatable bonds is 33. The Balaban J connectivity index is 1.31. The van der Waals surface area contributed by atoms with Gasteiger partial charge in [0.15, 0.2) is 0 Å². The summed E-state index contributed by atoms with van der Waals surface area (Å²) in [5.74, 6) is -4.76. The van der Waals surface area contributed by atoms with E-state index in [1.165, 1.54) is 25.5 Å². The van der Waals surface area contributed by atoms with Crippen LogP contribution < -0.4 is 16.0 Å². The van der Waals surface area contributed by atoms with Gasteiger partial charge in [-0.15, -0.1) is 0 Å². The number of unbranched alkanes of at least 4 members (excludes halogenated alkanes) is 1. The number of carbonyl (C=O) groups excluding carboxylic acids is 6. The smallest absolute Gasteiger partial charge is 0.481 e. The van der Waals surface area contributed by atoms with Crippen LogP contribution in [0.3, 0.4) is 0 Å². The number of amides is 3. The Hall–Kier alpha value is -6.43. The summed E-state index contributed by atoms with van der Waals surface area (Å²) in [5.41, 5.74) is 0.150. The van der Waals surface area contributed by atoms with Crippen molar-refractivity contribution in [2.75, 3.05) is 13.2 Å². The van der Waals surface area contributed by atoms with E-state index in [4.69, 9.17) is 14.0 Å². The van der Waals surface area contributed by atoms with Crippen LogP contribution in [0.15, 0.2) is 104 Å². The number of carboxylic acid groups (broad SMARTS) is 1. The summed E-state index contributed by atoms with van der Waals surface area (Å²) in [5, 5.41) is 18.4. The molecule has 1 aliphatic rings. The first kappa shape index (κ1) is 61.4. The molecule has 1 fully saturated rings. The standard InChI is InChI=1S/C60H80BN5O11/c1-9-33-75-34-17-16-22-51(68)46(38-58(5,6)55(72)45(36-42(4)67)26-30-54(70)71)25-29-53(69)64-39-44-23-27-48(28-24-44)60(8)59(7,47-20-14-11-15-21-47)76-61(77-60)52(35-41(2)3)66-56(73)49(37-43-18-12-10-13-19-43)65-57(74)50-40-62-31-32-63-50/h10-15,18-21,23-24,27-28,31-32,40-41,45-46,49,52H,9,16-17,22,25-26,29-30,33-39H2,1-8H3,(H,64,69)(H,65,74)(H,66,73)(H,70,71). The molecule has 0 saturated carbocycles. The fraction of sp³-hybridized carbons (Fsp3) is 0.517. The van der Waals surface area contributed by atoms with E-state index in [-0.39, 0.29) is 92.8 Å². The number of aliphatic carboxylic acids is 1. The number of hydrogen-bond acceptors (Lipinski definition) is 12. The molecule has 16 nitrogen and oxygen atoms in total. The van der Waals surface area contributed by atoms with Crippen molar-refractivity contribution in [2.45, 2.75) is 162 Å². The highest BCUT2D eigenvalue weighted by molar-refractivity contribution is 6.48. The minimum absolute atomic E-state index is 0.0226. The normalized spacial score (nSPS) is 18.0. The van der Waals surface area contributed by atoms with Gasteiger partial charge in [0, 0.05) is 81.5 Å². The second kappa shape index (κ2) is 29.4. The van der Waals surface area contributed by atoms with Crippen LogP contribution in [0.1, 0.15) is 159 Å². The Bertz CT molecular complexity index is 2570. The van der Waals surface area contributed by atoms with Crippen molar-refractivity contribution in [3.63, 3.8) is 0 Å². The lowest BCUT2D eigenvalue weighted by Gasteiger charge is -2.40. The van der Waals surface area contributed by atoms with Gasteiger partial charge in [0.1, 0.15) is 40.3 Å². The molecule has 1 saturated heterocycles. The molecule has 6 unspecified atom stereocenters. The van der Waals surface area contributed by atoms with Gasteiger partial charge in [0.25, 0.3) is 5.91 Å². The lowest BCUT2D eigenvalue weighted by molar-refractivity contribution is -0.139. The van der Waals surface area contributed by atoms with Gasteiger partial charge in [-0.2, -0.15) is 0 Å². The number of Topliss-reactive ketones (excluding diaryl/α,β-unsaturated/α-hetero) is 3. The number of nitrogens with zero attached hydrogens (tertiary/aromatic N) is 2.